The fraction of sp³-hybridized carbons (Fsp3) is 0.182. The zero-order chi connectivity index (χ0) is 23.2. The molecule has 3 aromatic rings. The Balaban J connectivity index is 1.25. The third kappa shape index (κ3) is 5.49. The van der Waals surface area contributed by atoms with Crippen LogP contribution in [0, 0.1) is 0 Å². The van der Waals surface area contributed by atoms with Gasteiger partial charge in [-0.25, -0.2) is 0 Å². The number of carbonyl (C=O) groups excluding carboxylic acids is 3. The van der Waals surface area contributed by atoms with Crippen LogP contribution in [-0.4, -0.2) is 60.5 Å². The van der Waals surface area contributed by atoms with E-state index in [1.54, 1.807) is 30.6 Å². The van der Waals surface area contributed by atoms with E-state index in [0.29, 0.717) is 10.1 Å². The number of carbonyl (C=O) groups is 3. The SMILES string of the molecule is Cn1c(SCC(=O)NCCN2C(=O)S/C(=C\c3cccnc3)C2=O)nnc1-c1ccccc1. The minimum atomic E-state index is -0.370. The minimum absolute atomic E-state index is 0.105. The highest BCUT2D eigenvalue weighted by molar-refractivity contribution is 8.18. The Kier molecular flexibility index (Phi) is 7.20. The molecule has 1 saturated heterocycles. The van der Waals surface area contributed by atoms with Gasteiger partial charge in [0.1, 0.15) is 0 Å². The largest absolute Gasteiger partial charge is 0.354 e. The lowest BCUT2D eigenvalue weighted by molar-refractivity contribution is -0.123. The second-order valence-corrected chi connectivity index (χ2v) is 8.93. The topological polar surface area (TPSA) is 110 Å². The van der Waals surface area contributed by atoms with Gasteiger partial charge in [-0.1, -0.05) is 48.2 Å². The molecule has 168 valence electrons. The third-order valence-corrected chi connectivity index (χ3v) is 6.64. The molecular weight excluding hydrogens is 460 g/mol. The maximum absolute atomic E-state index is 12.5. The second kappa shape index (κ2) is 10.5. The molecule has 9 nitrogen and oxygen atoms in total. The van der Waals surface area contributed by atoms with Gasteiger partial charge in [0.25, 0.3) is 11.1 Å². The van der Waals surface area contributed by atoms with Crippen LogP contribution in [0.4, 0.5) is 4.79 Å². The minimum Gasteiger partial charge on any atom is -0.354 e. The van der Waals surface area contributed by atoms with Crippen LogP contribution in [0.3, 0.4) is 0 Å². The Labute approximate surface area is 198 Å². The third-order valence-electron chi connectivity index (χ3n) is 4.71. The molecule has 1 aromatic carbocycles. The molecule has 1 aliphatic heterocycles. The Bertz CT molecular complexity index is 1200. The summed E-state index contributed by atoms with van der Waals surface area (Å²) in [5.41, 5.74) is 1.69. The van der Waals surface area contributed by atoms with Crippen molar-refractivity contribution in [3.63, 3.8) is 0 Å². The fourth-order valence-electron chi connectivity index (χ4n) is 3.07. The lowest BCUT2D eigenvalue weighted by atomic mass is 10.2. The first-order valence-corrected chi connectivity index (χ1v) is 11.8. The second-order valence-electron chi connectivity index (χ2n) is 6.99. The number of hydrogen-bond acceptors (Lipinski definition) is 8. The highest BCUT2D eigenvalue weighted by Crippen LogP contribution is 2.31. The summed E-state index contributed by atoms with van der Waals surface area (Å²) in [5.74, 6) is 0.271. The number of hydrogen-bond donors (Lipinski definition) is 1. The van der Waals surface area contributed by atoms with Gasteiger partial charge in [-0.15, -0.1) is 10.2 Å². The summed E-state index contributed by atoms with van der Waals surface area (Å²) in [6.45, 7) is 0.277. The first-order chi connectivity index (χ1) is 16.0. The number of nitrogens with zero attached hydrogens (tertiary/aromatic N) is 5. The molecule has 1 fully saturated rings. The molecule has 0 aliphatic carbocycles. The Morgan fingerprint density at radius 1 is 1.15 bits per heavy atom. The molecular formula is C22H20N6O3S2. The number of nitrogens with one attached hydrogen (secondary N) is 1. The van der Waals surface area contributed by atoms with Crippen LogP contribution in [0.2, 0.25) is 0 Å². The first-order valence-electron chi connectivity index (χ1n) is 10.0. The summed E-state index contributed by atoms with van der Waals surface area (Å²) >= 11 is 2.15. The van der Waals surface area contributed by atoms with Crippen molar-refractivity contribution in [2.45, 2.75) is 5.16 Å². The summed E-state index contributed by atoms with van der Waals surface area (Å²) in [7, 11) is 1.85. The van der Waals surface area contributed by atoms with Gasteiger partial charge in [-0.3, -0.25) is 24.3 Å². The van der Waals surface area contributed by atoms with Crippen LogP contribution in [-0.2, 0) is 16.6 Å². The molecule has 33 heavy (non-hydrogen) atoms. The van der Waals surface area contributed by atoms with E-state index in [1.165, 1.54) is 11.8 Å². The standard InChI is InChI=1S/C22H20N6O3S2/c1-27-19(16-7-3-2-4-8-16)25-26-21(27)32-14-18(29)24-10-11-28-20(30)17(33-22(28)31)12-15-6-5-9-23-13-15/h2-9,12-13H,10-11,14H2,1H3,(H,24,29)/b17-12-. The number of thioether (sulfide) groups is 2. The van der Waals surface area contributed by atoms with E-state index >= 15 is 0 Å². The van der Waals surface area contributed by atoms with Crippen molar-refractivity contribution in [2.75, 3.05) is 18.8 Å². The number of imide groups is 1. The van der Waals surface area contributed by atoms with Crippen molar-refractivity contribution in [1.29, 1.82) is 0 Å². The maximum Gasteiger partial charge on any atom is 0.293 e. The number of benzene rings is 1. The van der Waals surface area contributed by atoms with Crippen LogP contribution in [0.1, 0.15) is 5.56 Å². The van der Waals surface area contributed by atoms with E-state index in [-0.39, 0.29) is 35.9 Å². The number of rotatable bonds is 8. The lowest BCUT2D eigenvalue weighted by Crippen LogP contribution is -2.37. The highest BCUT2D eigenvalue weighted by atomic mass is 32.2. The van der Waals surface area contributed by atoms with Crippen LogP contribution >= 0.6 is 23.5 Å². The highest BCUT2D eigenvalue weighted by Gasteiger charge is 2.34. The molecule has 0 spiro atoms. The molecule has 0 radical (unpaired) electrons. The van der Waals surface area contributed by atoms with Crippen molar-refractivity contribution in [3.05, 3.63) is 65.3 Å². The molecule has 2 aromatic heterocycles. The summed E-state index contributed by atoms with van der Waals surface area (Å²) in [6, 6.07) is 13.2. The van der Waals surface area contributed by atoms with E-state index in [1.807, 2.05) is 41.9 Å². The zero-order valence-corrected chi connectivity index (χ0v) is 19.3. The van der Waals surface area contributed by atoms with Gasteiger partial charge in [0.2, 0.25) is 5.91 Å². The predicted octanol–water partition coefficient (Wildman–Crippen LogP) is 2.82. The zero-order valence-electron chi connectivity index (χ0n) is 17.7. The molecule has 4 rings (SSSR count). The van der Waals surface area contributed by atoms with E-state index in [4.69, 9.17) is 0 Å². The molecule has 0 saturated carbocycles. The number of aromatic nitrogens is 4. The molecule has 0 bridgehead atoms. The van der Waals surface area contributed by atoms with Gasteiger partial charge in [0.15, 0.2) is 11.0 Å². The lowest BCUT2D eigenvalue weighted by Gasteiger charge is -2.12. The number of amides is 3. The predicted molar refractivity (Wildman–Crippen MR) is 127 cm³/mol. The molecule has 0 unspecified atom stereocenters. The average Bonchev–Trinajstić information content (AvgIpc) is 3.32. The van der Waals surface area contributed by atoms with Gasteiger partial charge in [0, 0.05) is 38.1 Å². The molecule has 1 N–H and O–H groups in total. The molecule has 3 heterocycles. The van der Waals surface area contributed by atoms with Gasteiger partial charge < -0.3 is 9.88 Å². The van der Waals surface area contributed by atoms with Crippen LogP contribution in [0.25, 0.3) is 17.5 Å². The summed E-state index contributed by atoms with van der Waals surface area (Å²) in [6.07, 6.45) is 4.89. The maximum atomic E-state index is 12.5. The van der Waals surface area contributed by atoms with Gasteiger partial charge in [0.05, 0.1) is 10.7 Å². The molecule has 11 heteroatoms. The quantitative estimate of drug-likeness (QED) is 0.387. The van der Waals surface area contributed by atoms with Crippen molar-refractivity contribution in [3.8, 4) is 11.4 Å². The van der Waals surface area contributed by atoms with Gasteiger partial charge in [-0.2, -0.15) is 0 Å². The Hall–Kier alpha value is -3.44. The summed E-state index contributed by atoms with van der Waals surface area (Å²) < 4.78 is 1.84. The van der Waals surface area contributed by atoms with Crippen LogP contribution < -0.4 is 5.32 Å². The fourth-order valence-corrected chi connectivity index (χ4v) is 4.68. The van der Waals surface area contributed by atoms with E-state index < -0.39 is 0 Å². The van der Waals surface area contributed by atoms with Crippen molar-refractivity contribution >= 4 is 46.7 Å². The Morgan fingerprint density at radius 2 is 1.97 bits per heavy atom. The van der Waals surface area contributed by atoms with Crippen LogP contribution in [0.5, 0.6) is 0 Å². The van der Waals surface area contributed by atoms with E-state index in [0.717, 1.165) is 33.6 Å². The van der Waals surface area contributed by atoms with Gasteiger partial charge in [-0.05, 0) is 29.5 Å². The summed E-state index contributed by atoms with van der Waals surface area (Å²) in [5, 5.41) is 11.4. The first kappa shape index (κ1) is 22.7. The van der Waals surface area contributed by atoms with E-state index in [2.05, 4.69) is 20.5 Å². The van der Waals surface area contributed by atoms with Crippen molar-refractivity contribution in [1.82, 2.24) is 30.0 Å². The van der Waals surface area contributed by atoms with Crippen molar-refractivity contribution in [2.24, 2.45) is 7.05 Å². The average molecular weight is 481 g/mol. The Morgan fingerprint density at radius 3 is 2.73 bits per heavy atom. The van der Waals surface area contributed by atoms with Crippen molar-refractivity contribution < 1.29 is 14.4 Å². The monoisotopic (exact) mass is 480 g/mol. The van der Waals surface area contributed by atoms with E-state index in [9.17, 15) is 14.4 Å². The molecule has 0 atom stereocenters. The normalized spacial score (nSPS) is 14.8. The number of pyridine rings is 1. The van der Waals surface area contributed by atoms with Gasteiger partial charge >= 0.3 is 0 Å². The summed E-state index contributed by atoms with van der Waals surface area (Å²) in [4.78, 5) is 42.4. The molecule has 1 aliphatic rings. The smallest absolute Gasteiger partial charge is 0.293 e. The van der Waals surface area contributed by atoms with Crippen LogP contribution in [0.15, 0.2) is 64.9 Å². The molecule has 3 amide bonds.